The van der Waals surface area contributed by atoms with Crippen LogP contribution in [0.2, 0.25) is 5.02 Å². The molecule has 0 aliphatic carbocycles. The summed E-state index contributed by atoms with van der Waals surface area (Å²) in [7, 11) is -0.414. The first-order valence-corrected chi connectivity index (χ1v) is 11.6. The van der Waals surface area contributed by atoms with Crippen LogP contribution < -0.4 is 9.62 Å². The van der Waals surface area contributed by atoms with Crippen molar-refractivity contribution in [3.63, 3.8) is 0 Å². The molecule has 162 valence electrons. The molecular formula is C21H26ClN3O4S. The highest BCUT2D eigenvalue weighted by Crippen LogP contribution is 2.19. The van der Waals surface area contributed by atoms with Crippen LogP contribution in [0.4, 0.5) is 5.69 Å². The van der Waals surface area contributed by atoms with Crippen molar-refractivity contribution >= 4 is 39.1 Å². The van der Waals surface area contributed by atoms with Crippen LogP contribution in [0.25, 0.3) is 0 Å². The number of aryl methyl sites for hydroxylation is 1. The number of carbonyl (C=O) groups is 2. The van der Waals surface area contributed by atoms with Gasteiger partial charge in [-0.25, -0.2) is 8.42 Å². The molecule has 0 unspecified atom stereocenters. The maximum absolute atomic E-state index is 12.3. The molecule has 0 aromatic heterocycles. The average Bonchev–Trinajstić information content (AvgIpc) is 2.69. The molecule has 0 spiro atoms. The molecule has 0 fully saturated rings. The molecule has 7 nitrogen and oxygen atoms in total. The van der Waals surface area contributed by atoms with E-state index in [0.29, 0.717) is 35.7 Å². The Bertz CT molecular complexity index is 992. The first-order valence-electron chi connectivity index (χ1n) is 9.39. The van der Waals surface area contributed by atoms with Crippen molar-refractivity contribution in [1.82, 2.24) is 10.2 Å². The van der Waals surface area contributed by atoms with E-state index in [1.54, 1.807) is 14.1 Å². The Hall–Kier alpha value is -2.58. The van der Waals surface area contributed by atoms with Crippen LogP contribution >= 0.6 is 11.6 Å². The topological polar surface area (TPSA) is 86.8 Å². The van der Waals surface area contributed by atoms with Crippen molar-refractivity contribution in [2.45, 2.75) is 12.8 Å². The van der Waals surface area contributed by atoms with Gasteiger partial charge in [-0.15, -0.1) is 0 Å². The zero-order valence-corrected chi connectivity index (χ0v) is 18.8. The summed E-state index contributed by atoms with van der Waals surface area (Å²) in [5.74, 6) is -0.600. The molecule has 0 radical (unpaired) electrons. The number of amides is 2. The lowest BCUT2D eigenvalue weighted by Gasteiger charge is -2.22. The lowest BCUT2D eigenvalue weighted by Crippen LogP contribution is -2.40. The van der Waals surface area contributed by atoms with E-state index in [0.717, 1.165) is 16.1 Å². The molecule has 2 amide bonds. The third kappa shape index (κ3) is 6.74. The van der Waals surface area contributed by atoms with E-state index in [1.165, 1.54) is 29.2 Å². The van der Waals surface area contributed by atoms with E-state index in [1.807, 2.05) is 24.3 Å². The number of sulfonamides is 1. The molecule has 0 aliphatic heterocycles. The molecule has 1 N–H and O–H groups in total. The molecule has 9 heteroatoms. The normalized spacial score (nSPS) is 11.1. The number of hydrogen-bond acceptors (Lipinski definition) is 4. The zero-order chi connectivity index (χ0) is 22.3. The van der Waals surface area contributed by atoms with Crippen molar-refractivity contribution in [3.8, 4) is 0 Å². The van der Waals surface area contributed by atoms with Crippen LogP contribution in [-0.2, 0) is 21.2 Å². The van der Waals surface area contributed by atoms with E-state index in [9.17, 15) is 18.0 Å². The van der Waals surface area contributed by atoms with E-state index >= 15 is 0 Å². The molecule has 0 saturated carbocycles. The van der Waals surface area contributed by atoms with Gasteiger partial charge in [0.15, 0.2) is 0 Å². The summed E-state index contributed by atoms with van der Waals surface area (Å²) >= 11 is 6.12. The van der Waals surface area contributed by atoms with Crippen molar-refractivity contribution in [3.05, 3.63) is 64.7 Å². The van der Waals surface area contributed by atoms with Gasteiger partial charge >= 0.3 is 0 Å². The van der Waals surface area contributed by atoms with Crippen LogP contribution in [0.5, 0.6) is 0 Å². The molecule has 2 rings (SSSR count). The Morgan fingerprint density at radius 2 is 1.67 bits per heavy atom. The average molecular weight is 452 g/mol. The number of halogens is 1. The summed E-state index contributed by atoms with van der Waals surface area (Å²) in [6.07, 6.45) is 2.42. The standard InChI is InChI=1S/C21H26ClN3O4S/c1-24(2)21(27)17-10-12-18(13-11-17)25(30(3,28)29)15-20(26)23-14-6-8-16-7-4-5-9-19(16)22/h4-5,7,9-13H,6,8,14-15H2,1-3H3,(H,23,26). The summed E-state index contributed by atoms with van der Waals surface area (Å²) in [4.78, 5) is 25.7. The van der Waals surface area contributed by atoms with Gasteiger partial charge in [0.05, 0.1) is 11.9 Å². The number of hydrogen-bond donors (Lipinski definition) is 1. The van der Waals surface area contributed by atoms with Gasteiger partial charge in [-0.2, -0.15) is 0 Å². The van der Waals surface area contributed by atoms with Gasteiger partial charge in [0, 0.05) is 31.2 Å². The van der Waals surface area contributed by atoms with Gasteiger partial charge in [0.2, 0.25) is 15.9 Å². The van der Waals surface area contributed by atoms with Gasteiger partial charge in [-0.1, -0.05) is 29.8 Å². The molecule has 2 aromatic carbocycles. The van der Waals surface area contributed by atoms with Gasteiger partial charge in [0.1, 0.15) is 6.54 Å². The van der Waals surface area contributed by atoms with Gasteiger partial charge < -0.3 is 10.2 Å². The minimum atomic E-state index is -3.68. The monoisotopic (exact) mass is 451 g/mol. The van der Waals surface area contributed by atoms with E-state index in [-0.39, 0.29) is 12.5 Å². The fourth-order valence-corrected chi connectivity index (χ4v) is 3.91. The van der Waals surface area contributed by atoms with E-state index in [2.05, 4.69) is 5.32 Å². The maximum atomic E-state index is 12.3. The Balaban J connectivity index is 1.97. The predicted octanol–water partition coefficient (Wildman–Crippen LogP) is 2.56. The number of rotatable bonds is 9. The van der Waals surface area contributed by atoms with Crippen LogP contribution in [0.3, 0.4) is 0 Å². The van der Waals surface area contributed by atoms with E-state index in [4.69, 9.17) is 11.6 Å². The Morgan fingerprint density at radius 3 is 2.23 bits per heavy atom. The maximum Gasteiger partial charge on any atom is 0.253 e. The zero-order valence-electron chi connectivity index (χ0n) is 17.3. The van der Waals surface area contributed by atoms with Crippen LogP contribution in [-0.4, -0.2) is 58.6 Å². The number of anilines is 1. The Morgan fingerprint density at radius 1 is 1.03 bits per heavy atom. The van der Waals surface area contributed by atoms with Crippen molar-refractivity contribution in [2.24, 2.45) is 0 Å². The summed E-state index contributed by atoms with van der Waals surface area (Å²) in [5.41, 5.74) is 1.75. The first kappa shape index (κ1) is 23.7. The fourth-order valence-electron chi connectivity index (χ4n) is 2.82. The summed E-state index contributed by atoms with van der Waals surface area (Å²) in [6, 6.07) is 13.6. The number of nitrogens with zero attached hydrogens (tertiary/aromatic N) is 2. The number of benzene rings is 2. The molecule has 0 saturated heterocycles. The lowest BCUT2D eigenvalue weighted by atomic mass is 10.1. The minimum absolute atomic E-state index is 0.191. The SMILES string of the molecule is CN(C)C(=O)c1ccc(N(CC(=O)NCCCc2ccccc2Cl)S(C)(=O)=O)cc1. The van der Waals surface area contributed by atoms with Crippen molar-refractivity contribution in [2.75, 3.05) is 37.7 Å². The molecule has 0 atom stereocenters. The molecule has 0 aliphatic rings. The second kappa shape index (κ2) is 10.4. The Labute approximate surface area is 182 Å². The second-order valence-electron chi connectivity index (χ2n) is 7.06. The quantitative estimate of drug-likeness (QED) is 0.593. The predicted molar refractivity (Wildman–Crippen MR) is 119 cm³/mol. The smallest absolute Gasteiger partial charge is 0.253 e. The summed E-state index contributed by atoms with van der Waals surface area (Å²) in [5, 5.41) is 3.42. The van der Waals surface area contributed by atoms with E-state index < -0.39 is 15.9 Å². The largest absolute Gasteiger partial charge is 0.355 e. The molecule has 0 bridgehead atoms. The van der Waals surface area contributed by atoms with Gasteiger partial charge in [-0.3, -0.25) is 13.9 Å². The van der Waals surface area contributed by atoms with Gasteiger partial charge in [0.25, 0.3) is 5.91 Å². The molecule has 0 heterocycles. The first-order chi connectivity index (χ1) is 14.1. The minimum Gasteiger partial charge on any atom is -0.355 e. The van der Waals surface area contributed by atoms with Crippen molar-refractivity contribution < 1.29 is 18.0 Å². The fraction of sp³-hybridized carbons (Fsp3) is 0.333. The summed E-state index contributed by atoms with van der Waals surface area (Å²) < 4.78 is 25.4. The molecule has 30 heavy (non-hydrogen) atoms. The van der Waals surface area contributed by atoms with Gasteiger partial charge in [-0.05, 0) is 48.7 Å². The Kier molecular flexibility index (Phi) is 8.25. The third-order valence-electron chi connectivity index (χ3n) is 4.40. The van der Waals surface area contributed by atoms with Crippen LogP contribution in [0.15, 0.2) is 48.5 Å². The number of nitrogens with one attached hydrogen (secondary N) is 1. The third-order valence-corrected chi connectivity index (χ3v) is 5.91. The highest BCUT2D eigenvalue weighted by Gasteiger charge is 2.21. The summed E-state index contributed by atoms with van der Waals surface area (Å²) in [6.45, 7) is 0.0594. The second-order valence-corrected chi connectivity index (χ2v) is 9.38. The lowest BCUT2D eigenvalue weighted by molar-refractivity contribution is -0.119. The van der Waals surface area contributed by atoms with Crippen LogP contribution in [0, 0.1) is 0 Å². The molecular weight excluding hydrogens is 426 g/mol. The van der Waals surface area contributed by atoms with Crippen molar-refractivity contribution in [1.29, 1.82) is 0 Å². The molecule has 2 aromatic rings. The number of carbonyl (C=O) groups excluding carboxylic acids is 2. The highest BCUT2D eigenvalue weighted by atomic mass is 35.5. The van der Waals surface area contributed by atoms with Crippen LogP contribution in [0.1, 0.15) is 22.3 Å². The highest BCUT2D eigenvalue weighted by molar-refractivity contribution is 7.92.